The van der Waals surface area contributed by atoms with Crippen molar-refractivity contribution in [1.29, 1.82) is 0 Å². The Bertz CT molecular complexity index is 1200. The van der Waals surface area contributed by atoms with Crippen LogP contribution in [-0.4, -0.2) is 0 Å². The highest BCUT2D eigenvalue weighted by molar-refractivity contribution is 7.99. The van der Waals surface area contributed by atoms with Crippen LogP contribution in [0.2, 0.25) is 0 Å². The monoisotopic (exact) mass is 408 g/mol. The molecule has 0 amide bonds. The molecule has 1 heterocycles. The van der Waals surface area contributed by atoms with Gasteiger partial charge >= 0.3 is 0 Å². The van der Waals surface area contributed by atoms with Gasteiger partial charge in [-0.15, -0.1) is 0 Å². The van der Waals surface area contributed by atoms with Gasteiger partial charge in [0, 0.05) is 11.0 Å². The number of fused-ring (bicyclic) bond motifs is 6. The summed E-state index contributed by atoms with van der Waals surface area (Å²) in [5.74, 6) is 5.62. The third kappa shape index (κ3) is 1.84. The van der Waals surface area contributed by atoms with Crippen LogP contribution in [0.5, 0.6) is 11.5 Å². The van der Waals surface area contributed by atoms with Crippen LogP contribution >= 0.6 is 11.8 Å². The third-order valence-corrected chi connectivity index (χ3v) is 10.1. The first-order valence-corrected chi connectivity index (χ1v) is 12.4. The minimum absolute atomic E-state index is 0.242. The number of hydrogen-bond acceptors (Lipinski definition) is 2. The van der Waals surface area contributed by atoms with E-state index in [1.807, 2.05) is 11.8 Å². The lowest BCUT2D eigenvalue weighted by atomic mass is 9.43. The molecule has 4 fully saturated rings. The van der Waals surface area contributed by atoms with Gasteiger partial charge in [-0.3, -0.25) is 0 Å². The van der Waals surface area contributed by atoms with E-state index in [2.05, 4.69) is 60.7 Å². The van der Waals surface area contributed by atoms with Gasteiger partial charge in [0.1, 0.15) is 11.5 Å². The molecule has 0 unspecified atom stereocenters. The Labute approximate surface area is 181 Å². The van der Waals surface area contributed by atoms with E-state index < -0.39 is 0 Å². The maximum absolute atomic E-state index is 6.39. The number of rotatable bonds is 0. The molecule has 30 heavy (non-hydrogen) atoms. The highest BCUT2D eigenvalue weighted by Gasteiger charge is 2.61. The molecule has 0 N–H and O–H groups in total. The Morgan fingerprint density at radius 3 is 2.27 bits per heavy atom. The summed E-state index contributed by atoms with van der Waals surface area (Å²) >= 11 is 1.91. The minimum atomic E-state index is 0.242. The van der Waals surface area contributed by atoms with Crippen LogP contribution in [-0.2, 0) is 5.41 Å². The quantitative estimate of drug-likeness (QED) is 0.295. The summed E-state index contributed by atoms with van der Waals surface area (Å²) in [5.41, 5.74) is 6.45. The summed E-state index contributed by atoms with van der Waals surface area (Å²) in [7, 11) is 0. The highest BCUT2D eigenvalue weighted by Crippen LogP contribution is 2.71. The first-order valence-electron chi connectivity index (χ1n) is 11.5. The molecule has 2 heteroatoms. The van der Waals surface area contributed by atoms with E-state index in [9.17, 15) is 0 Å². The molecule has 1 spiro atoms. The fourth-order valence-electron chi connectivity index (χ4n) is 8.22. The normalized spacial score (nSPS) is 33.6. The molecule has 0 saturated heterocycles. The zero-order valence-electron chi connectivity index (χ0n) is 16.9. The van der Waals surface area contributed by atoms with Crippen molar-refractivity contribution in [2.24, 2.45) is 23.7 Å². The minimum Gasteiger partial charge on any atom is -0.455 e. The highest BCUT2D eigenvalue weighted by atomic mass is 32.2. The van der Waals surface area contributed by atoms with Gasteiger partial charge in [-0.25, -0.2) is 0 Å². The van der Waals surface area contributed by atoms with Crippen molar-refractivity contribution in [3.05, 3.63) is 71.8 Å². The molecule has 4 bridgehead atoms. The largest absolute Gasteiger partial charge is 0.455 e. The first-order chi connectivity index (χ1) is 14.8. The van der Waals surface area contributed by atoms with E-state index in [-0.39, 0.29) is 5.41 Å². The zero-order chi connectivity index (χ0) is 19.4. The van der Waals surface area contributed by atoms with E-state index in [1.54, 1.807) is 11.1 Å². The number of benzene rings is 3. The van der Waals surface area contributed by atoms with Crippen molar-refractivity contribution < 1.29 is 4.74 Å². The summed E-state index contributed by atoms with van der Waals surface area (Å²) < 4.78 is 6.39. The average Bonchev–Trinajstić information content (AvgIpc) is 3.07. The van der Waals surface area contributed by atoms with Gasteiger partial charge < -0.3 is 4.74 Å². The van der Waals surface area contributed by atoms with Gasteiger partial charge in [-0.1, -0.05) is 54.2 Å². The molecule has 9 rings (SSSR count). The Morgan fingerprint density at radius 1 is 0.700 bits per heavy atom. The van der Waals surface area contributed by atoms with Crippen molar-refractivity contribution in [1.82, 2.24) is 0 Å². The molecule has 148 valence electrons. The van der Waals surface area contributed by atoms with Gasteiger partial charge in [0.25, 0.3) is 0 Å². The van der Waals surface area contributed by atoms with Crippen LogP contribution in [0.4, 0.5) is 0 Å². The van der Waals surface area contributed by atoms with E-state index in [0.717, 1.165) is 35.2 Å². The Kier molecular flexibility index (Phi) is 3.04. The van der Waals surface area contributed by atoms with E-state index in [0.29, 0.717) is 0 Å². The number of para-hydroxylation sites is 1. The summed E-state index contributed by atoms with van der Waals surface area (Å²) in [6.45, 7) is 0. The predicted molar refractivity (Wildman–Crippen MR) is 120 cm³/mol. The summed E-state index contributed by atoms with van der Waals surface area (Å²) in [5, 5.41) is 0. The molecule has 5 aliphatic carbocycles. The fourth-order valence-corrected chi connectivity index (χ4v) is 9.33. The maximum Gasteiger partial charge on any atom is 0.142 e. The van der Waals surface area contributed by atoms with Crippen LogP contribution < -0.4 is 4.74 Å². The smallest absolute Gasteiger partial charge is 0.142 e. The fraction of sp³-hybridized carbons (Fsp3) is 0.357. The average molecular weight is 409 g/mol. The van der Waals surface area contributed by atoms with Gasteiger partial charge in [-0.2, -0.15) is 0 Å². The lowest BCUT2D eigenvalue weighted by Crippen LogP contribution is -2.55. The second kappa shape index (κ2) is 5.53. The van der Waals surface area contributed by atoms with Gasteiger partial charge in [0.05, 0.1) is 9.79 Å². The Morgan fingerprint density at radius 2 is 1.43 bits per heavy atom. The topological polar surface area (TPSA) is 9.23 Å². The summed E-state index contributed by atoms with van der Waals surface area (Å²) in [6.07, 6.45) is 7.24. The van der Waals surface area contributed by atoms with Crippen LogP contribution in [0.1, 0.15) is 43.2 Å². The lowest BCUT2D eigenvalue weighted by molar-refractivity contribution is -0.0399. The SMILES string of the molecule is c1ccc2c(c1)Oc1ccc3c(c1S2)-c1ccccc1C31C2CC3CC(C2)CC1C3. The van der Waals surface area contributed by atoms with Crippen LogP contribution in [0.15, 0.2) is 70.5 Å². The molecule has 1 aliphatic heterocycles. The first kappa shape index (κ1) is 16.5. The van der Waals surface area contributed by atoms with Crippen LogP contribution in [0.25, 0.3) is 11.1 Å². The molecular formula is C28H24OS. The molecule has 6 aliphatic rings. The number of ether oxygens (including phenoxy) is 1. The molecule has 4 saturated carbocycles. The second-order valence-electron chi connectivity index (χ2n) is 10.2. The predicted octanol–water partition coefficient (Wildman–Crippen LogP) is 7.67. The maximum atomic E-state index is 6.39. The third-order valence-electron chi connectivity index (χ3n) is 8.92. The second-order valence-corrected chi connectivity index (χ2v) is 11.2. The van der Waals surface area contributed by atoms with Crippen molar-refractivity contribution in [2.75, 3.05) is 0 Å². The molecule has 3 aromatic carbocycles. The van der Waals surface area contributed by atoms with Gasteiger partial charge in [0.15, 0.2) is 0 Å². The Hall–Kier alpha value is -2.19. The Balaban J connectivity index is 1.41. The van der Waals surface area contributed by atoms with Crippen LogP contribution in [0, 0.1) is 23.7 Å². The van der Waals surface area contributed by atoms with E-state index >= 15 is 0 Å². The van der Waals surface area contributed by atoms with Gasteiger partial charge in [0.2, 0.25) is 0 Å². The van der Waals surface area contributed by atoms with Crippen molar-refractivity contribution in [3.63, 3.8) is 0 Å². The van der Waals surface area contributed by atoms with Crippen molar-refractivity contribution >= 4 is 11.8 Å². The van der Waals surface area contributed by atoms with E-state index in [4.69, 9.17) is 4.74 Å². The molecular weight excluding hydrogens is 384 g/mol. The van der Waals surface area contributed by atoms with Crippen molar-refractivity contribution in [2.45, 2.75) is 47.3 Å². The lowest BCUT2D eigenvalue weighted by Gasteiger charge is -2.61. The summed E-state index contributed by atoms with van der Waals surface area (Å²) in [4.78, 5) is 2.58. The summed E-state index contributed by atoms with van der Waals surface area (Å²) in [6, 6.07) is 22.6. The standard InChI is InChI=1S/C28H24OS/c1-2-6-21-20(5-1)26-22(28(21)18-12-16-11-17(14-18)15-19(28)13-16)9-10-24-27(26)30-25-8-4-3-7-23(25)29-24/h1-10,16-19H,11-15H2. The molecule has 1 nitrogen and oxygen atoms in total. The molecule has 0 radical (unpaired) electrons. The molecule has 0 atom stereocenters. The van der Waals surface area contributed by atoms with Crippen molar-refractivity contribution in [3.8, 4) is 22.6 Å². The number of hydrogen-bond donors (Lipinski definition) is 0. The van der Waals surface area contributed by atoms with Gasteiger partial charge in [-0.05, 0) is 90.7 Å². The van der Waals surface area contributed by atoms with Crippen LogP contribution in [0.3, 0.4) is 0 Å². The van der Waals surface area contributed by atoms with E-state index in [1.165, 1.54) is 53.0 Å². The molecule has 0 aromatic heterocycles. The zero-order valence-corrected chi connectivity index (χ0v) is 17.8. The molecule has 3 aromatic rings.